The van der Waals surface area contributed by atoms with E-state index < -0.39 is 5.24 Å². The predicted molar refractivity (Wildman–Crippen MR) is 44.7 cm³/mol. The minimum atomic E-state index is -0.469. The molecule has 1 heterocycles. The Morgan fingerprint density at radius 1 is 1.60 bits per heavy atom. The molecule has 0 spiro atoms. The Labute approximate surface area is 74.0 Å². The van der Waals surface area contributed by atoms with Crippen LogP contribution in [0.3, 0.4) is 0 Å². The molecule has 0 saturated heterocycles. The van der Waals surface area contributed by atoms with Gasteiger partial charge in [-0.3, -0.25) is 9.78 Å². The van der Waals surface area contributed by atoms with Gasteiger partial charge in [0.25, 0.3) is 5.24 Å². The van der Waals surface area contributed by atoms with Crippen molar-refractivity contribution < 1.29 is 4.79 Å². The van der Waals surface area contributed by atoms with Crippen LogP contribution in [-0.2, 0) is 0 Å². The van der Waals surface area contributed by atoms with Gasteiger partial charge in [-0.1, -0.05) is 0 Å². The minimum absolute atomic E-state index is 0. The number of carbonyl (C=O) groups excluding carboxylic acids is 1. The highest BCUT2D eigenvalue weighted by Crippen LogP contribution is 1.98. The van der Waals surface area contributed by atoms with Crippen molar-refractivity contribution in [1.82, 2.24) is 4.98 Å². The highest BCUT2D eigenvalue weighted by molar-refractivity contribution is 8.93. The topological polar surface area (TPSA) is 30.0 Å². The summed E-state index contributed by atoms with van der Waals surface area (Å²) in [5, 5.41) is -0.469. The van der Waals surface area contributed by atoms with Crippen LogP contribution in [0.2, 0.25) is 0 Å². The van der Waals surface area contributed by atoms with Crippen LogP contribution < -0.4 is 0 Å². The van der Waals surface area contributed by atoms with Crippen molar-refractivity contribution in [2.45, 2.75) is 0 Å². The quantitative estimate of drug-likeness (QED) is 0.681. The van der Waals surface area contributed by atoms with Crippen molar-refractivity contribution in [2.24, 2.45) is 0 Å². The normalized spacial score (nSPS) is 8.10. The Morgan fingerprint density at radius 3 is 2.60 bits per heavy atom. The van der Waals surface area contributed by atoms with Crippen molar-refractivity contribution in [3.63, 3.8) is 0 Å². The lowest BCUT2D eigenvalue weighted by Gasteiger charge is -1.86. The van der Waals surface area contributed by atoms with E-state index in [1.807, 2.05) is 0 Å². The summed E-state index contributed by atoms with van der Waals surface area (Å²) in [6.07, 6.45) is 3.01. The first-order chi connectivity index (χ1) is 4.30. The van der Waals surface area contributed by atoms with Crippen molar-refractivity contribution in [2.75, 3.05) is 0 Å². The molecular weight excluding hydrogens is 217 g/mol. The third-order valence-corrected chi connectivity index (χ3v) is 1.11. The molecule has 0 radical (unpaired) electrons. The predicted octanol–water partition coefficient (Wildman–Crippen LogP) is 2.04. The number of hydrogen-bond donors (Lipinski definition) is 0. The summed E-state index contributed by atoms with van der Waals surface area (Å²) in [7, 11) is 0. The Balaban J connectivity index is 0.000000810. The van der Waals surface area contributed by atoms with E-state index in [1.54, 1.807) is 18.3 Å². The number of carbonyl (C=O) groups is 1. The molecular formula is C6H5BrClNO. The molecule has 0 saturated carbocycles. The lowest BCUT2D eigenvalue weighted by Crippen LogP contribution is -1.87. The first-order valence-electron chi connectivity index (χ1n) is 2.40. The summed E-state index contributed by atoms with van der Waals surface area (Å²) in [6.45, 7) is 0. The zero-order chi connectivity index (χ0) is 6.69. The molecule has 0 aliphatic carbocycles. The van der Waals surface area contributed by atoms with E-state index in [9.17, 15) is 4.79 Å². The second kappa shape index (κ2) is 4.41. The molecule has 0 aliphatic rings. The molecule has 0 fully saturated rings. The molecule has 1 aromatic rings. The molecule has 0 unspecified atom stereocenters. The van der Waals surface area contributed by atoms with E-state index in [1.165, 1.54) is 6.20 Å². The maximum Gasteiger partial charge on any atom is 0.253 e. The van der Waals surface area contributed by atoms with Crippen molar-refractivity contribution in [1.29, 1.82) is 0 Å². The van der Waals surface area contributed by atoms with Gasteiger partial charge in [0.2, 0.25) is 0 Å². The molecule has 0 atom stereocenters. The fourth-order valence-corrected chi connectivity index (χ4v) is 0.591. The van der Waals surface area contributed by atoms with Gasteiger partial charge < -0.3 is 0 Å². The van der Waals surface area contributed by atoms with Gasteiger partial charge in [0, 0.05) is 12.4 Å². The Bertz CT molecular complexity index is 214. The maximum atomic E-state index is 10.4. The van der Waals surface area contributed by atoms with Gasteiger partial charge in [-0.15, -0.1) is 17.0 Å². The Kier molecular flexibility index (Phi) is 4.23. The zero-order valence-electron chi connectivity index (χ0n) is 4.95. The van der Waals surface area contributed by atoms with Gasteiger partial charge in [-0.05, 0) is 23.7 Å². The average molecular weight is 222 g/mol. The minimum Gasteiger partial charge on any atom is -0.276 e. The van der Waals surface area contributed by atoms with Crippen LogP contribution in [-0.4, -0.2) is 10.2 Å². The molecule has 0 N–H and O–H groups in total. The lowest BCUT2D eigenvalue weighted by atomic mass is 10.3. The van der Waals surface area contributed by atoms with E-state index in [-0.39, 0.29) is 17.0 Å². The largest absolute Gasteiger partial charge is 0.276 e. The Morgan fingerprint density at radius 2 is 2.30 bits per heavy atom. The maximum absolute atomic E-state index is 10.4. The summed E-state index contributed by atoms with van der Waals surface area (Å²) in [6, 6.07) is 3.28. The fourth-order valence-electron chi connectivity index (χ4n) is 0.479. The van der Waals surface area contributed by atoms with E-state index >= 15 is 0 Å². The highest BCUT2D eigenvalue weighted by Gasteiger charge is 1.96. The van der Waals surface area contributed by atoms with Gasteiger partial charge in [0.05, 0.1) is 5.56 Å². The summed E-state index contributed by atoms with van der Waals surface area (Å²) < 4.78 is 0. The van der Waals surface area contributed by atoms with E-state index in [0.29, 0.717) is 5.56 Å². The fraction of sp³-hybridized carbons (Fsp3) is 0. The van der Waals surface area contributed by atoms with Gasteiger partial charge in [-0.25, -0.2) is 0 Å². The number of rotatable bonds is 1. The monoisotopic (exact) mass is 221 g/mol. The average Bonchev–Trinajstić information content (AvgIpc) is 1.90. The smallest absolute Gasteiger partial charge is 0.253 e. The summed E-state index contributed by atoms with van der Waals surface area (Å²) >= 11 is 5.12. The van der Waals surface area contributed by atoms with Crippen LogP contribution in [0, 0.1) is 0 Å². The van der Waals surface area contributed by atoms with Crippen LogP contribution in [0.4, 0.5) is 0 Å². The first kappa shape index (κ1) is 9.59. The van der Waals surface area contributed by atoms with Crippen LogP contribution in [0.15, 0.2) is 24.5 Å². The molecule has 10 heavy (non-hydrogen) atoms. The molecule has 4 heteroatoms. The van der Waals surface area contributed by atoms with E-state index in [2.05, 4.69) is 4.98 Å². The Hall–Kier alpha value is -0.410. The molecule has 2 nitrogen and oxygen atoms in total. The standard InChI is InChI=1S/C6H4ClNO.BrH/c7-6(9)5-2-1-3-8-4-5;/h1-4H;1H. The van der Waals surface area contributed by atoms with Crippen LogP contribution >= 0.6 is 28.6 Å². The van der Waals surface area contributed by atoms with Crippen LogP contribution in [0.25, 0.3) is 0 Å². The van der Waals surface area contributed by atoms with Crippen molar-refractivity contribution in [3.05, 3.63) is 30.1 Å². The zero-order valence-corrected chi connectivity index (χ0v) is 7.42. The molecule has 1 rings (SSSR count). The third-order valence-electron chi connectivity index (χ3n) is 0.888. The van der Waals surface area contributed by atoms with Crippen molar-refractivity contribution in [3.8, 4) is 0 Å². The second-order valence-electron chi connectivity index (χ2n) is 1.52. The van der Waals surface area contributed by atoms with Crippen molar-refractivity contribution >= 4 is 33.8 Å². The number of halogens is 2. The summed E-state index contributed by atoms with van der Waals surface area (Å²) in [4.78, 5) is 14.1. The SMILES string of the molecule is Br.O=C(Cl)c1cccnc1. The number of aromatic nitrogens is 1. The molecule has 0 bridgehead atoms. The van der Waals surface area contributed by atoms with E-state index in [4.69, 9.17) is 11.6 Å². The molecule has 0 aliphatic heterocycles. The van der Waals surface area contributed by atoms with Gasteiger partial charge >= 0.3 is 0 Å². The van der Waals surface area contributed by atoms with Crippen LogP contribution in [0.1, 0.15) is 10.4 Å². The summed E-state index contributed by atoms with van der Waals surface area (Å²) in [5.74, 6) is 0. The molecule has 1 aromatic heterocycles. The molecule has 0 amide bonds. The second-order valence-corrected chi connectivity index (χ2v) is 1.86. The van der Waals surface area contributed by atoms with Crippen LogP contribution in [0.5, 0.6) is 0 Å². The molecule has 0 aromatic carbocycles. The van der Waals surface area contributed by atoms with Gasteiger partial charge in [-0.2, -0.15) is 0 Å². The number of nitrogens with zero attached hydrogens (tertiary/aromatic N) is 1. The number of hydrogen-bond acceptors (Lipinski definition) is 2. The number of pyridine rings is 1. The summed E-state index contributed by atoms with van der Waals surface area (Å²) in [5.41, 5.74) is 0.430. The van der Waals surface area contributed by atoms with E-state index in [0.717, 1.165) is 0 Å². The van der Waals surface area contributed by atoms with Gasteiger partial charge in [0.15, 0.2) is 0 Å². The lowest BCUT2D eigenvalue weighted by molar-refractivity contribution is 0.108. The van der Waals surface area contributed by atoms with Gasteiger partial charge in [0.1, 0.15) is 0 Å². The third kappa shape index (κ3) is 2.45. The first-order valence-corrected chi connectivity index (χ1v) is 2.78. The highest BCUT2D eigenvalue weighted by atomic mass is 79.9. The molecule has 54 valence electrons.